The van der Waals surface area contributed by atoms with Gasteiger partial charge in [-0.3, -0.25) is 5.32 Å². The van der Waals surface area contributed by atoms with E-state index in [1.165, 1.54) is 0 Å². The maximum absolute atomic E-state index is 11.9. The Labute approximate surface area is 137 Å². The number of rotatable bonds is 5. The first-order chi connectivity index (χ1) is 10.8. The summed E-state index contributed by atoms with van der Waals surface area (Å²) < 4.78 is 16.3. The molecule has 1 aromatic rings. The zero-order chi connectivity index (χ0) is 17.1. The number of nitrogens with one attached hydrogen (secondary N) is 2. The van der Waals surface area contributed by atoms with Crippen molar-refractivity contribution in [3.05, 3.63) is 23.8 Å². The van der Waals surface area contributed by atoms with Gasteiger partial charge < -0.3 is 19.5 Å². The first-order valence-electron chi connectivity index (χ1n) is 7.70. The van der Waals surface area contributed by atoms with Crippen LogP contribution in [0.1, 0.15) is 26.3 Å². The number of amides is 1. The Morgan fingerprint density at radius 3 is 2.48 bits per heavy atom. The second-order valence-electron chi connectivity index (χ2n) is 6.82. The summed E-state index contributed by atoms with van der Waals surface area (Å²) in [7, 11) is 3.36. The average molecular weight is 322 g/mol. The lowest BCUT2D eigenvalue weighted by Gasteiger charge is -2.41. The van der Waals surface area contributed by atoms with Gasteiger partial charge in [0.05, 0.1) is 12.7 Å². The molecule has 2 rings (SSSR count). The summed E-state index contributed by atoms with van der Waals surface area (Å²) in [4.78, 5) is 11.9. The fraction of sp³-hybridized carbons (Fsp3) is 0.588. The van der Waals surface area contributed by atoms with Crippen LogP contribution in [0.15, 0.2) is 18.2 Å². The van der Waals surface area contributed by atoms with E-state index in [0.717, 1.165) is 24.4 Å². The van der Waals surface area contributed by atoms with Gasteiger partial charge in [-0.2, -0.15) is 0 Å². The van der Waals surface area contributed by atoms with Crippen molar-refractivity contribution in [2.45, 2.75) is 38.4 Å². The second-order valence-corrected chi connectivity index (χ2v) is 6.82. The third-order valence-electron chi connectivity index (χ3n) is 3.77. The number of methoxy groups -OCH3 is 2. The summed E-state index contributed by atoms with van der Waals surface area (Å²) >= 11 is 0. The molecule has 0 aliphatic carbocycles. The van der Waals surface area contributed by atoms with Gasteiger partial charge in [0.15, 0.2) is 0 Å². The van der Waals surface area contributed by atoms with Gasteiger partial charge in [0.2, 0.25) is 0 Å². The van der Waals surface area contributed by atoms with Crippen LogP contribution in [0.5, 0.6) is 5.75 Å². The summed E-state index contributed by atoms with van der Waals surface area (Å²) in [6, 6.07) is 5.55. The molecule has 1 aliphatic heterocycles. The maximum atomic E-state index is 11.9. The Kier molecular flexibility index (Phi) is 5.16. The van der Waals surface area contributed by atoms with Crippen molar-refractivity contribution in [2.75, 3.05) is 32.6 Å². The van der Waals surface area contributed by atoms with Gasteiger partial charge in [0.1, 0.15) is 11.4 Å². The van der Waals surface area contributed by atoms with Crippen LogP contribution in [0.4, 0.5) is 10.5 Å². The van der Waals surface area contributed by atoms with Crippen molar-refractivity contribution in [2.24, 2.45) is 0 Å². The summed E-state index contributed by atoms with van der Waals surface area (Å²) in [5.41, 5.74) is 0.924. The number of carbonyl (C=O) groups excluding carboxylic acids is 1. The van der Waals surface area contributed by atoms with E-state index in [0.29, 0.717) is 12.1 Å². The molecule has 6 nitrogen and oxygen atoms in total. The van der Waals surface area contributed by atoms with Crippen LogP contribution >= 0.6 is 0 Å². The Hall–Kier alpha value is -1.79. The first kappa shape index (κ1) is 17.6. The highest BCUT2D eigenvalue weighted by atomic mass is 16.6. The minimum Gasteiger partial charge on any atom is -0.496 e. The number of hydrogen-bond donors (Lipinski definition) is 2. The van der Waals surface area contributed by atoms with E-state index in [1.54, 1.807) is 20.3 Å². The molecule has 0 saturated carbocycles. The van der Waals surface area contributed by atoms with Crippen LogP contribution in [0.25, 0.3) is 0 Å². The molecular formula is C17H26N2O4. The van der Waals surface area contributed by atoms with Gasteiger partial charge in [-0.1, -0.05) is 0 Å². The largest absolute Gasteiger partial charge is 0.496 e. The van der Waals surface area contributed by atoms with E-state index in [9.17, 15) is 4.79 Å². The maximum Gasteiger partial charge on any atom is 0.412 e. The van der Waals surface area contributed by atoms with E-state index in [2.05, 4.69) is 10.6 Å². The first-order valence-corrected chi connectivity index (χ1v) is 7.70. The van der Waals surface area contributed by atoms with Gasteiger partial charge in [0, 0.05) is 32.3 Å². The standard InChI is InChI=1S/C17H26N2O4/c1-16(2,3)23-15(20)19-13-6-7-14(21-4)12(8-13)9-17(22-5)10-18-11-17/h6-8,18H,9-11H2,1-5H3,(H,19,20). The van der Waals surface area contributed by atoms with Gasteiger partial charge in [-0.15, -0.1) is 0 Å². The van der Waals surface area contributed by atoms with E-state index in [1.807, 2.05) is 32.9 Å². The van der Waals surface area contributed by atoms with Crippen molar-refractivity contribution >= 4 is 11.8 Å². The lowest BCUT2D eigenvalue weighted by Crippen LogP contribution is -2.61. The number of carbonyl (C=O) groups is 1. The van der Waals surface area contributed by atoms with Crippen molar-refractivity contribution in [1.82, 2.24) is 5.32 Å². The Balaban J connectivity index is 2.13. The van der Waals surface area contributed by atoms with Crippen molar-refractivity contribution in [3.8, 4) is 5.75 Å². The molecule has 1 fully saturated rings. The molecule has 0 bridgehead atoms. The lowest BCUT2D eigenvalue weighted by atomic mass is 9.88. The Bertz CT molecular complexity index is 557. The van der Waals surface area contributed by atoms with Crippen LogP contribution in [0, 0.1) is 0 Å². The molecule has 0 aromatic heterocycles. The zero-order valence-corrected chi connectivity index (χ0v) is 14.5. The van der Waals surface area contributed by atoms with Gasteiger partial charge in [-0.05, 0) is 44.5 Å². The normalized spacial score (nSPS) is 16.4. The number of anilines is 1. The topological polar surface area (TPSA) is 68.8 Å². The molecule has 0 unspecified atom stereocenters. The second kappa shape index (κ2) is 6.76. The number of hydrogen-bond acceptors (Lipinski definition) is 5. The summed E-state index contributed by atoms with van der Waals surface area (Å²) in [5.74, 6) is 0.781. The van der Waals surface area contributed by atoms with Crippen molar-refractivity contribution < 1.29 is 19.0 Å². The molecule has 1 heterocycles. The molecule has 2 N–H and O–H groups in total. The number of benzene rings is 1. The van der Waals surface area contributed by atoms with E-state index in [-0.39, 0.29) is 5.60 Å². The molecule has 1 aliphatic rings. The van der Waals surface area contributed by atoms with Crippen LogP contribution in [-0.2, 0) is 15.9 Å². The molecule has 1 aromatic carbocycles. The van der Waals surface area contributed by atoms with Crippen molar-refractivity contribution in [1.29, 1.82) is 0 Å². The third kappa shape index (κ3) is 4.59. The molecule has 23 heavy (non-hydrogen) atoms. The van der Waals surface area contributed by atoms with Crippen molar-refractivity contribution in [3.63, 3.8) is 0 Å². The van der Waals surface area contributed by atoms with Gasteiger partial charge in [0.25, 0.3) is 0 Å². The molecule has 6 heteroatoms. The fourth-order valence-corrected chi connectivity index (χ4v) is 2.51. The van der Waals surface area contributed by atoms with Crippen LogP contribution < -0.4 is 15.4 Å². The Morgan fingerprint density at radius 1 is 1.30 bits per heavy atom. The van der Waals surface area contributed by atoms with Crippen LogP contribution in [0.2, 0.25) is 0 Å². The molecule has 1 amide bonds. The number of ether oxygens (including phenoxy) is 3. The summed E-state index contributed by atoms with van der Waals surface area (Å²) in [5, 5.41) is 5.98. The summed E-state index contributed by atoms with van der Waals surface area (Å²) in [6.07, 6.45) is 0.240. The average Bonchev–Trinajstić information content (AvgIpc) is 2.41. The smallest absolute Gasteiger partial charge is 0.412 e. The zero-order valence-electron chi connectivity index (χ0n) is 14.5. The van der Waals surface area contributed by atoms with Gasteiger partial charge >= 0.3 is 6.09 Å². The van der Waals surface area contributed by atoms with E-state index in [4.69, 9.17) is 14.2 Å². The molecule has 128 valence electrons. The summed E-state index contributed by atoms with van der Waals surface area (Å²) in [6.45, 7) is 7.10. The predicted molar refractivity (Wildman–Crippen MR) is 89.2 cm³/mol. The minimum absolute atomic E-state index is 0.210. The fourth-order valence-electron chi connectivity index (χ4n) is 2.51. The molecule has 0 spiro atoms. The lowest BCUT2D eigenvalue weighted by molar-refractivity contribution is -0.0505. The molecule has 1 saturated heterocycles. The molecule has 0 atom stereocenters. The van der Waals surface area contributed by atoms with Crippen LogP contribution in [-0.4, -0.2) is 44.6 Å². The quantitative estimate of drug-likeness (QED) is 0.872. The minimum atomic E-state index is -0.531. The Morgan fingerprint density at radius 2 is 2.00 bits per heavy atom. The van der Waals surface area contributed by atoms with Crippen LogP contribution in [0.3, 0.4) is 0 Å². The molecule has 0 radical (unpaired) electrons. The highest BCUT2D eigenvalue weighted by molar-refractivity contribution is 5.85. The van der Waals surface area contributed by atoms with E-state index < -0.39 is 11.7 Å². The molecular weight excluding hydrogens is 296 g/mol. The predicted octanol–water partition coefficient (Wildman–Crippen LogP) is 2.57. The highest BCUT2D eigenvalue weighted by Gasteiger charge is 2.37. The monoisotopic (exact) mass is 322 g/mol. The highest BCUT2D eigenvalue weighted by Crippen LogP contribution is 2.30. The van der Waals surface area contributed by atoms with E-state index >= 15 is 0 Å². The SMILES string of the molecule is COc1ccc(NC(=O)OC(C)(C)C)cc1CC1(OC)CNC1. The third-order valence-corrected chi connectivity index (χ3v) is 3.77. The van der Waals surface area contributed by atoms with Gasteiger partial charge in [-0.25, -0.2) is 4.79 Å².